The summed E-state index contributed by atoms with van der Waals surface area (Å²) in [5, 5.41) is 3.93. The van der Waals surface area contributed by atoms with E-state index in [1.54, 1.807) is 42.3 Å². The molecule has 2 fully saturated rings. The van der Waals surface area contributed by atoms with Crippen molar-refractivity contribution in [1.29, 1.82) is 0 Å². The maximum Gasteiger partial charge on any atom is 0.256 e. The molecule has 0 radical (unpaired) electrons. The molecule has 1 N–H and O–H groups in total. The lowest BCUT2D eigenvalue weighted by molar-refractivity contribution is -0.142. The molecule has 3 heterocycles. The van der Waals surface area contributed by atoms with Gasteiger partial charge >= 0.3 is 0 Å². The molecule has 3 aliphatic heterocycles. The van der Waals surface area contributed by atoms with Crippen molar-refractivity contribution in [3.8, 4) is 0 Å². The van der Waals surface area contributed by atoms with E-state index in [0.717, 1.165) is 6.42 Å². The zero-order valence-electron chi connectivity index (χ0n) is 15.6. The summed E-state index contributed by atoms with van der Waals surface area (Å²) < 4.78 is 28.9. The van der Waals surface area contributed by atoms with Crippen LogP contribution in [-0.4, -0.2) is 55.1 Å². The zero-order valence-corrected chi connectivity index (χ0v) is 16.4. The van der Waals surface area contributed by atoms with Crippen molar-refractivity contribution in [3.63, 3.8) is 0 Å². The number of likely N-dealkylation sites (tertiary alicyclic amines) is 1. The van der Waals surface area contributed by atoms with E-state index in [-0.39, 0.29) is 16.7 Å². The molecule has 0 aliphatic carbocycles. The Balaban J connectivity index is 1.69. The Morgan fingerprint density at radius 2 is 1.79 bits per heavy atom. The highest BCUT2D eigenvalue weighted by molar-refractivity contribution is 7.89. The molecule has 1 spiro atoms. The van der Waals surface area contributed by atoms with Crippen molar-refractivity contribution in [2.45, 2.75) is 36.1 Å². The maximum atomic E-state index is 13.7. The van der Waals surface area contributed by atoms with Gasteiger partial charge < -0.3 is 10.2 Å². The van der Waals surface area contributed by atoms with E-state index in [0.29, 0.717) is 54.4 Å². The number of carbonyl (C=O) groups is 2. The van der Waals surface area contributed by atoms with Gasteiger partial charge in [0.25, 0.3) is 5.91 Å². The summed E-state index contributed by atoms with van der Waals surface area (Å²) in [6.45, 7) is 0.991. The maximum absolute atomic E-state index is 13.7. The van der Waals surface area contributed by atoms with Crippen molar-refractivity contribution in [1.82, 2.24) is 9.21 Å². The fraction of sp³-hybridized carbons (Fsp3) is 0.400. The van der Waals surface area contributed by atoms with Gasteiger partial charge in [0.05, 0.1) is 4.90 Å². The quantitative estimate of drug-likeness (QED) is 0.839. The number of hydrogen-bond donors (Lipinski definition) is 1. The Kier molecular flexibility index (Phi) is 3.64. The molecule has 28 heavy (non-hydrogen) atoms. The lowest BCUT2D eigenvalue weighted by Gasteiger charge is -2.42. The number of hydrogen-bond acceptors (Lipinski definition) is 4. The summed E-state index contributed by atoms with van der Waals surface area (Å²) in [7, 11) is -2.17. The van der Waals surface area contributed by atoms with Crippen LogP contribution < -0.4 is 5.32 Å². The van der Waals surface area contributed by atoms with E-state index in [2.05, 4.69) is 5.32 Å². The van der Waals surface area contributed by atoms with Crippen LogP contribution in [0.2, 0.25) is 0 Å². The average molecular weight is 399 g/mol. The van der Waals surface area contributed by atoms with Crippen molar-refractivity contribution in [2.75, 3.05) is 25.5 Å². The SMILES string of the molecule is CN1CCCC2(CCCN2S(=O)(=O)c2ccc3c4c(cccc24)C(=O)N3)C1=O. The van der Waals surface area contributed by atoms with Gasteiger partial charge in [0.15, 0.2) is 0 Å². The highest BCUT2D eigenvalue weighted by Gasteiger charge is 2.55. The summed E-state index contributed by atoms with van der Waals surface area (Å²) >= 11 is 0. The first-order valence-electron chi connectivity index (χ1n) is 9.52. The summed E-state index contributed by atoms with van der Waals surface area (Å²) in [5.41, 5.74) is 0.121. The molecule has 0 bridgehead atoms. The highest BCUT2D eigenvalue weighted by atomic mass is 32.2. The number of nitrogens with zero attached hydrogens (tertiary/aromatic N) is 2. The van der Waals surface area contributed by atoms with Crippen LogP contribution in [0.5, 0.6) is 0 Å². The third-order valence-corrected chi connectivity index (χ3v) is 8.34. The number of piperidine rings is 1. The van der Waals surface area contributed by atoms with Gasteiger partial charge in [-0.25, -0.2) is 8.42 Å². The van der Waals surface area contributed by atoms with Crippen molar-refractivity contribution in [3.05, 3.63) is 35.9 Å². The fourth-order valence-corrected chi connectivity index (χ4v) is 7.06. The van der Waals surface area contributed by atoms with Crippen LogP contribution in [0.1, 0.15) is 36.0 Å². The molecule has 1 unspecified atom stereocenters. The Labute approximate surface area is 163 Å². The van der Waals surface area contributed by atoms with Gasteiger partial charge in [-0.15, -0.1) is 0 Å². The molecule has 2 aromatic carbocycles. The number of sulfonamides is 1. The molecular weight excluding hydrogens is 378 g/mol. The largest absolute Gasteiger partial charge is 0.344 e. The molecule has 146 valence electrons. The third-order valence-electron chi connectivity index (χ3n) is 6.32. The predicted molar refractivity (Wildman–Crippen MR) is 105 cm³/mol. The molecule has 2 saturated heterocycles. The summed E-state index contributed by atoms with van der Waals surface area (Å²) in [6.07, 6.45) is 2.56. The molecular formula is C20H21N3O4S. The molecule has 8 heteroatoms. The first kappa shape index (κ1) is 17.6. The minimum absolute atomic E-state index is 0.109. The topological polar surface area (TPSA) is 86.8 Å². The second-order valence-electron chi connectivity index (χ2n) is 7.84. The number of nitrogens with one attached hydrogen (secondary N) is 1. The molecule has 7 nitrogen and oxygen atoms in total. The predicted octanol–water partition coefficient (Wildman–Crippen LogP) is 2.18. The van der Waals surface area contributed by atoms with Crippen LogP contribution in [0.25, 0.3) is 10.8 Å². The molecule has 2 amide bonds. The van der Waals surface area contributed by atoms with Gasteiger partial charge in [0, 0.05) is 42.2 Å². The summed E-state index contributed by atoms with van der Waals surface area (Å²) in [4.78, 5) is 27.0. The molecule has 3 aliphatic rings. The van der Waals surface area contributed by atoms with Gasteiger partial charge in [-0.2, -0.15) is 4.31 Å². The zero-order chi connectivity index (χ0) is 19.7. The van der Waals surface area contributed by atoms with Crippen LogP contribution in [0.4, 0.5) is 5.69 Å². The first-order chi connectivity index (χ1) is 13.4. The fourth-order valence-electron chi connectivity index (χ4n) is 5.05. The standard InChI is InChI=1S/C20H21N3O4S/c1-22-11-3-9-20(19(22)25)10-4-12-23(20)28(26,27)16-8-7-15-17-13(16)5-2-6-14(17)18(24)21-15/h2,5-8H,3-4,9-12H2,1H3,(H,21,24). The lowest BCUT2D eigenvalue weighted by atomic mass is 9.87. The van der Waals surface area contributed by atoms with Crippen LogP contribution in [0, 0.1) is 0 Å². The Hall–Kier alpha value is -2.45. The van der Waals surface area contributed by atoms with E-state index in [4.69, 9.17) is 0 Å². The minimum atomic E-state index is -3.91. The Morgan fingerprint density at radius 3 is 2.57 bits per heavy atom. The molecule has 2 aromatic rings. The molecule has 5 rings (SSSR count). The van der Waals surface area contributed by atoms with Crippen LogP contribution in [0.15, 0.2) is 35.2 Å². The van der Waals surface area contributed by atoms with E-state index in [1.807, 2.05) is 0 Å². The normalized spacial score (nSPS) is 25.1. The second kappa shape index (κ2) is 5.78. The van der Waals surface area contributed by atoms with Crippen LogP contribution in [-0.2, 0) is 14.8 Å². The van der Waals surface area contributed by atoms with E-state index in [1.165, 1.54) is 4.31 Å². The van der Waals surface area contributed by atoms with Gasteiger partial charge in [-0.3, -0.25) is 9.59 Å². The molecule has 1 atom stereocenters. The highest BCUT2D eigenvalue weighted by Crippen LogP contribution is 2.44. The monoisotopic (exact) mass is 399 g/mol. The van der Waals surface area contributed by atoms with Crippen molar-refractivity contribution < 1.29 is 18.0 Å². The van der Waals surface area contributed by atoms with Crippen molar-refractivity contribution >= 4 is 38.3 Å². The number of benzene rings is 2. The third kappa shape index (κ3) is 2.15. The van der Waals surface area contributed by atoms with Gasteiger partial charge in [-0.05, 0) is 43.9 Å². The number of amides is 2. The van der Waals surface area contributed by atoms with Crippen LogP contribution in [0.3, 0.4) is 0 Å². The van der Waals surface area contributed by atoms with Gasteiger partial charge in [-0.1, -0.05) is 12.1 Å². The Morgan fingerprint density at radius 1 is 1.04 bits per heavy atom. The smallest absolute Gasteiger partial charge is 0.256 e. The van der Waals surface area contributed by atoms with E-state index >= 15 is 0 Å². The molecule has 0 saturated carbocycles. The first-order valence-corrected chi connectivity index (χ1v) is 11.0. The summed E-state index contributed by atoms with van der Waals surface area (Å²) in [5.74, 6) is -0.334. The van der Waals surface area contributed by atoms with E-state index in [9.17, 15) is 18.0 Å². The Bertz CT molecular complexity index is 1140. The average Bonchev–Trinajstić information content (AvgIpc) is 3.24. The van der Waals surface area contributed by atoms with Crippen LogP contribution >= 0.6 is 0 Å². The van der Waals surface area contributed by atoms with Crippen molar-refractivity contribution in [2.24, 2.45) is 0 Å². The van der Waals surface area contributed by atoms with Gasteiger partial charge in [0.2, 0.25) is 15.9 Å². The number of likely N-dealkylation sites (N-methyl/N-ethyl adjacent to an activating group) is 1. The number of rotatable bonds is 2. The summed E-state index contributed by atoms with van der Waals surface area (Å²) in [6, 6.07) is 8.31. The number of carbonyl (C=O) groups excluding carboxylic acids is 2. The van der Waals surface area contributed by atoms with E-state index < -0.39 is 15.6 Å². The second-order valence-corrected chi connectivity index (χ2v) is 9.67. The van der Waals surface area contributed by atoms with Gasteiger partial charge in [0.1, 0.15) is 5.54 Å². The molecule has 0 aromatic heterocycles. The lowest BCUT2D eigenvalue weighted by Crippen LogP contribution is -2.60. The minimum Gasteiger partial charge on any atom is -0.344 e. The number of anilines is 1.